The SMILES string of the molecule is C[C@H](C#N)c1ccccc1[NH+]([O-])O. The first-order valence-electron chi connectivity index (χ1n) is 3.88. The molecule has 0 amide bonds. The zero-order valence-electron chi connectivity index (χ0n) is 7.19. The lowest BCUT2D eigenvalue weighted by atomic mass is 10.0. The van der Waals surface area contributed by atoms with E-state index in [1.54, 1.807) is 25.1 Å². The van der Waals surface area contributed by atoms with Crippen LogP contribution in [0.5, 0.6) is 0 Å². The van der Waals surface area contributed by atoms with Crippen molar-refractivity contribution in [3.63, 3.8) is 0 Å². The third-order valence-corrected chi connectivity index (χ3v) is 1.85. The molecule has 0 bridgehead atoms. The standard InChI is InChI=1S/C9H10N2O2/c1-7(6-10)8-4-2-3-5-9(8)11(12)13/h2-5,7,11-12H,1H3/t7-/m1/s1. The van der Waals surface area contributed by atoms with Crippen LogP contribution >= 0.6 is 0 Å². The van der Waals surface area contributed by atoms with Gasteiger partial charge in [-0.15, -0.1) is 0 Å². The van der Waals surface area contributed by atoms with Crippen molar-refractivity contribution in [2.24, 2.45) is 0 Å². The van der Waals surface area contributed by atoms with Crippen molar-refractivity contribution >= 4 is 5.69 Å². The highest BCUT2D eigenvalue weighted by atomic mass is 16.8. The van der Waals surface area contributed by atoms with Crippen LogP contribution in [0.25, 0.3) is 0 Å². The topological polar surface area (TPSA) is 71.5 Å². The van der Waals surface area contributed by atoms with Crippen LogP contribution in [0.4, 0.5) is 5.69 Å². The number of hydrogen-bond acceptors (Lipinski definition) is 3. The van der Waals surface area contributed by atoms with E-state index < -0.39 is 5.23 Å². The van der Waals surface area contributed by atoms with E-state index in [-0.39, 0.29) is 11.6 Å². The van der Waals surface area contributed by atoms with Crippen LogP contribution in [-0.4, -0.2) is 5.21 Å². The Kier molecular flexibility index (Phi) is 2.98. The van der Waals surface area contributed by atoms with E-state index in [1.807, 2.05) is 6.07 Å². The Balaban J connectivity index is 3.13. The summed E-state index contributed by atoms with van der Waals surface area (Å²) >= 11 is 0. The molecule has 0 aromatic heterocycles. The lowest BCUT2D eigenvalue weighted by Gasteiger charge is -2.16. The molecule has 0 heterocycles. The Labute approximate surface area is 76.2 Å². The van der Waals surface area contributed by atoms with Crippen LogP contribution in [0.1, 0.15) is 18.4 Å². The molecule has 68 valence electrons. The minimum Gasteiger partial charge on any atom is -0.595 e. The summed E-state index contributed by atoms with van der Waals surface area (Å²) in [6.07, 6.45) is 0. The summed E-state index contributed by atoms with van der Waals surface area (Å²) < 4.78 is 0. The summed E-state index contributed by atoms with van der Waals surface area (Å²) in [5.41, 5.74) is 0.772. The summed E-state index contributed by atoms with van der Waals surface area (Å²) in [6.45, 7) is 1.68. The highest BCUT2D eigenvalue weighted by molar-refractivity contribution is 5.43. The van der Waals surface area contributed by atoms with Gasteiger partial charge < -0.3 is 5.21 Å². The fraction of sp³-hybridized carbons (Fsp3) is 0.222. The van der Waals surface area contributed by atoms with Crippen LogP contribution in [0.3, 0.4) is 0 Å². The average molecular weight is 178 g/mol. The maximum absolute atomic E-state index is 10.7. The first-order chi connectivity index (χ1) is 6.16. The lowest BCUT2D eigenvalue weighted by molar-refractivity contribution is -0.991. The van der Waals surface area contributed by atoms with E-state index in [1.165, 1.54) is 6.07 Å². The fourth-order valence-corrected chi connectivity index (χ4v) is 1.14. The normalized spacial score (nSPS) is 14.6. The molecule has 13 heavy (non-hydrogen) atoms. The molecule has 0 saturated heterocycles. The number of hydrogen-bond donors (Lipinski definition) is 2. The van der Waals surface area contributed by atoms with Gasteiger partial charge in [-0.2, -0.15) is 10.5 Å². The second-order valence-electron chi connectivity index (χ2n) is 2.74. The summed E-state index contributed by atoms with van der Waals surface area (Å²) in [5.74, 6) is -0.382. The zero-order chi connectivity index (χ0) is 9.84. The predicted octanol–water partition coefficient (Wildman–Crippen LogP) is 0.717. The van der Waals surface area contributed by atoms with Gasteiger partial charge in [-0.1, -0.05) is 18.2 Å². The molecular formula is C9H10N2O2. The van der Waals surface area contributed by atoms with E-state index in [0.29, 0.717) is 5.56 Å². The fourth-order valence-electron chi connectivity index (χ4n) is 1.14. The Morgan fingerprint density at radius 1 is 1.54 bits per heavy atom. The van der Waals surface area contributed by atoms with Gasteiger partial charge in [0.1, 0.15) is 0 Å². The maximum Gasteiger partial charge on any atom is 0.168 e. The molecule has 2 N–H and O–H groups in total. The number of nitriles is 1. The molecule has 1 unspecified atom stereocenters. The van der Waals surface area contributed by atoms with Gasteiger partial charge in [0.15, 0.2) is 5.69 Å². The van der Waals surface area contributed by atoms with Gasteiger partial charge in [-0.25, -0.2) is 5.21 Å². The van der Waals surface area contributed by atoms with Crippen molar-refractivity contribution in [2.75, 3.05) is 0 Å². The minimum absolute atomic E-state index is 0.205. The second kappa shape index (κ2) is 4.01. The van der Waals surface area contributed by atoms with E-state index in [2.05, 4.69) is 0 Å². The molecule has 0 aliphatic heterocycles. The first-order valence-corrected chi connectivity index (χ1v) is 3.88. The molecule has 1 aromatic rings. The maximum atomic E-state index is 10.7. The summed E-state index contributed by atoms with van der Waals surface area (Å²) in [4.78, 5) is 0. The molecule has 1 aromatic carbocycles. The minimum atomic E-state index is -0.988. The number of nitrogens with zero attached hydrogens (tertiary/aromatic N) is 1. The number of benzene rings is 1. The molecule has 0 spiro atoms. The van der Waals surface area contributed by atoms with Gasteiger partial charge in [-0.05, 0) is 6.92 Å². The highest BCUT2D eigenvalue weighted by Crippen LogP contribution is 2.20. The molecule has 0 aliphatic rings. The highest BCUT2D eigenvalue weighted by Gasteiger charge is 2.13. The molecule has 0 radical (unpaired) electrons. The number of para-hydroxylation sites is 1. The summed E-state index contributed by atoms with van der Waals surface area (Å²) in [5, 5.41) is 27.2. The zero-order valence-corrected chi connectivity index (χ0v) is 7.19. The van der Waals surface area contributed by atoms with Gasteiger partial charge in [0.05, 0.1) is 12.0 Å². The van der Waals surface area contributed by atoms with Gasteiger partial charge >= 0.3 is 0 Å². The quantitative estimate of drug-likeness (QED) is 0.655. The van der Waals surface area contributed by atoms with Crippen molar-refractivity contribution in [1.29, 1.82) is 5.26 Å². The van der Waals surface area contributed by atoms with Crippen molar-refractivity contribution in [3.8, 4) is 6.07 Å². The second-order valence-corrected chi connectivity index (χ2v) is 2.74. The largest absolute Gasteiger partial charge is 0.595 e. The van der Waals surface area contributed by atoms with Crippen molar-refractivity contribution in [2.45, 2.75) is 12.8 Å². The lowest BCUT2D eigenvalue weighted by Crippen LogP contribution is -2.99. The first kappa shape index (κ1) is 9.68. The summed E-state index contributed by atoms with van der Waals surface area (Å²) in [7, 11) is 0. The number of quaternary nitrogens is 1. The van der Waals surface area contributed by atoms with Crippen molar-refractivity contribution in [3.05, 3.63) is 35.0 Å². The number of nitrogens with one attached hydrogen (secondary N) is 1. The molecule has 1 rings (SSSR count). The van der Waals surface area contributed by atoms with Gasteiger partial charge in [0.25, 0.3) is 0 Å². The molecule has 0 saturated carbocycles. The molecule has 0 fully saturated rings. The van der Waals surface area contributed by atoms with Crippen LogP contribution in [0.2, 0.25) is 0 Å². The van der Waals surface area contributed by atoms with E-state index in [4.69, 9.17) is 10.5 Å². The van der Waals surface area contributed by atoms with Crippen LogP contribution < -0.4 is 5.23 Å². The third kappa shape index (κ3) is 2.04. The van der Waals surface area contributed by atoms with Gasteiger partial charge in [0.2, 0.25) is 0 Å². The Bertz CT molecular complexity index is 331. The van der Waals surface area contributed by atoms with Crippen LogP contribution in [0, 0.1) is 16.5 Å². The third-order valence-electron chi connectivity index (χ3n) is 1.85. The summed E-state index contributed by atoms with van der Waals surface area (Å²) in [6, 6.07) is 8.56. The van der Waals surface area contributed by atoms with Gasteiger partial charge in [0, 0.05) is 11.6 Å². The monoisotopic (exact) mass is 178 g/mol. The molecule has 2 atom stereocenters. The van der Waals surface area contributed by atoms with Crippen LogP contribution in [0.15, 0.2) is 24.3 Å². The van der Waals surface area contributed by atoms with Crippen molar-refractivity contribution in [1.82, 2.24) is 0 Å². The molecule has 4 heteroatoms. The average Bonchev–Trinajstić information content (AvgIpc) is 2.16. The van der Waals surface area contributed by atoms with E-state index in [0.717, 1.165) is 0 Å². The Hall–Kier alpha value is -1.41. The predicted molar refractivity (Wildman–Crippen MR) is 46.2 cm³/mol. The molecule has 0 aliphatic carbocycles. The smallest absolute Gasteiger partial charge is 0.168 e. The Morgan fingerprint density at radius 2 is 2.15 bits per heavy atom. The van der Waals surface area contributed by atoms with E-state index in [9.17, 15) is 5.21 Å². The van der Waals surface area contributed by atoms with Crippen LogP contribution in [-0.2, 0) is 0 Å². The van der Waals surface area contributed by atoms with Crippen molar-refractivity contribution < 1.29 is 10.4 Å². The van der Waals surface area contributed by atoms with E-state index >= 15 is 0 Å². The van der Waals surface area contributed by atoms with Gasteiger partial charge in [-0.3, -0.25) is 0 Å². The molecule has 4 nitrogen and oxygen atoms in total. The number of rotatable bonds is 2. The molecular weight excluding hydrogens is 168 g/mol. The Morgan fingerprint density at radius 3 is 2.69 bits per heavy atom.